The quantitative estimate of drug-likeness (QED) is 0.830. The number of furan rings is 1. The third-order valence-corrected chi connectivity index (χ3v) is 4.91. The Kier molecular flexibility index (Phi) is 4.90. The predicted octanol–water partition coefficient (Wildman–Crippen LogP) is 3.48. The Morgan fingerprint density at radius 1 is 0.962 bits per heavy atom. The number of hydrogen-bond acceptors (Lipinski definition) is 3. The fourth-order valence-electron chi connectivity index (χ4n) is 3.21. The Labute approximate surface area is 154 Å². The van der Waals surface area contributed by atoms with Gasteiger partial charge in [-0.05, 0) is 41.7 Å². The standard InChI is InChI=1S/C21H26N2O3/c1-15-14-16(21(2,3)4)7-8-17(15)19(24)22-9-11-23(12-10-22)20(25)18-6-5-13-26-18/h5-8,13-14H,9-12H2,1-4H3. The van der Waals surface area contributed by atoms with E-state index >= 15 is 0 Å². The lowest BCUT2D eigenvalue weighted by Gasteiger charge is -2.34. The molecule has 5 heteroatoms. The van der Waals surface area contributed by atoms with Gasteiger partial charge in [0.25, 0.3) is 11.8 Å². The van der Waals surface area contributed by atoms with Gasteiger partial charge in [0.05, 0.1) is 6.26 Å². The van der Waals surface area contributed by atoms with E-state index in [-0.39, 0.29) is 17.2 Å². The Morgan fingerprint density at radius 3 is 2.08 bits per heavy atom. The van der Waals surface area contributed by atoms with Crippen molar-refractivity contribution >= 4 is 11.8 Å². The van der Waals surface area contributed by atoms with Crippen LogP contribution in [0, 0.1) is 6.92 Å². The van der Waals surface area contributed by atoms with Crippen LogP contribution in [0.3, 0.4) is 0 Å². The molecule has 0 radical (unpaired) electrons. The first-order chi connectivity index (χ1) is 12.3. The summed E-state index contributed by atoms with van der Waals surface area (Å²) >= 11 is 0. The molecule has 0 spiro atoms. The maximum Gasteiger partial charge on any atom is 0.289 e. The zero-order chi connectivity index (χ0) is 18.9. The second-order valence-corrected chi connectivity index (χ2v) is 7.84. The van der Waals surface area contributed by atoms with Crippen LogP contribution < -0.4 is 0 Å². The zero-order valence-corrected chi connectivity index (χ0v) is 15.9. The number of hydrogen-bond donors (Lipinski definition) is 0. The van der Waals surface area contributed by atoms with Gasteiger partial charge in [-0.2, -0.15) is 0 Å². The summed E-state index contributed by atoms with van der Waals surface area (Å²) in [6.07, 6.45) is 1.50. The van der Waals surface area contributed by atoms with Crippen molar-refractivity contribution in [3.63, 3.8) is 0 Å². The summed E-state index contributed by atoms with van der Waals surface area (Å²) in [7, 11) is 0. The molecule has 5 nitrogen and oxygen atoms in total. The summed E-state index contributed by atoms with van der Waals surface area (Å²) in [5.74, 6) is 0.263. The summed E-state index contributed by atoms with van der Waals surface area (Å²) in [5.41, 5.74) is 3.02. The van der Waals surface area contributed by atoms with E-state index in [1.54, 1.807) is 17.0 Å². The van der Waals surface area contributed by atoms with Gasteiger partial charge in [-0.15, -0.1) is 0 Å². The van der Waals surface area contributed by atoms with Crippen LogP contribution in [0.25, 0.3) is 0 Å². The Balaban J connectivity index is 1.66. The summed E-state index contributed by atoms with van der Waals surface area (Å²) in [6, 6.07) is 9.44. The van der Waals surface area contributed by atoms with Crippen LogP contribution in [0.1, 0.15) is 52.8 Å². The average Bonchev–Trinajstić information content (AvgIpc) is 3.14. The predicted molar refractivity (Wildman–Crippen MR) is 100 cm³/mol. The van der Waals surface area contributed by atoms with E-state index in [1.165, 1.54) is 11.8 Å². The zero-order valence-electron chi connectivity index (χ0n) is 15.9. The molecule has 1 aliphatic rings. The van der Waals surface area contributed by atoms with Crippen LogP contribution in [0.2, 0.25) is 0 Å². The van der Waals surface area contributed by atoms with Crippen LogP contribution in [-0.2, 0) is 5.41 Å². The van der Waals surface area contributed by atoms with Gasteiger partial charge in [-0.3, -0.25) is 9.59 Å². The molecule has 1 aromatic heterocycles. The van der Waals surface area contributed by atoms with Gasteiger partial charge in [0.15, 0.2) is 5.76 Å². The lowest BCUT2D eigenvalue weighted by molar-refractivity contribution is 0.0517. The normalized spacial score (nSPS) is 15.2. The molecular formula is C21H26N2O3. The number of carbonyl (C=O) groups is 2. The first-order valence-corrected chi connectivity index (χ1v) is 9.00. The number of nitrogens with zero attached hydrogens (tertiary/aromatic N) is 2. The van der Waals surface area contributed by atoms with Crippen molar-refractivity contribution in [1.82, 2.24) is 9.80 Å². The second-order valence-electron chi connectivity index (χ2n) is 7.84. The summed E-state index contributed by atoms with van der Waals surface area (Å²) in [4.78, 5) is 28.8. The highest BCUT2D eigenvalue weighted by molar-refractivity contribution is 5.96. The fraction of sp³-hybridized carbons (Fsp3) is 0.429. The molecule has 1 aromatic carbocycles. The van der Waals surface area contributed by atoms with E-state index in [4.69, 9.17) is 4.42 Å². The summed E-state index contributed by atoms with van der Waals surface area (Å²) in [6.45, 7) is 10.6. The van der Waals surface area contributed by atoms with Crippen molar-refractivity contribution in [2.45, 2.75) is 33.1 Å². The summed E-state index contributed by atoms with van der Waals surface area (Å²) in [5, 5.41) is 0. The monoisotopic (exact) mass is 354 g/mol. The van der Waals surface area contributed by atoms with Gasteiger partial charge in [0.2, 0.25) is 0 Å². The van der Waals surface area contributed by atoms with Gasteiger partial charge >= 0.3 is 0 Å². The average molecular weight is 354 g/mol. The van der Waals surface area contributed by atoms with E-state index < -0.39 is 0 Å². The van der Waals surface area contributed by atoms with Gasteiger partial charge in [0.1, 0.15) is 0 Å². The van der Waals surface area contributed by atoms with Gasteiger partial charge < -0.3 is 14.2 Å². The first-order valence-electron chi connectivity index (χ1n) is 9.00. The molecule has 1 saturated heterocycles. The lowest BCUT2D eigenvalue weighted by atomic mass is 9.85. The van der Waals surface area contributed by atoms with Crippen molar-refractivity contribution in [1.29, 1.82) is 0 Å². The Morgan fingerprint density at radius 2 is 1.58 bits per heavy atom. The fourth-order valence-corrected chi connectivity index (χ4v) is 3.21. The molecule has 0 N–H and O–H groups in total. The number of carbonyl (C=O) groups excluding carboxylic acids is 2. The molecule has 2 heterocycles. The molecule has 0 saturated carbocycles. The first kappa shape index (κ1) is 18.2. The van der Waals surface area contributed by atoms with E-state index in [2.05, 4.69) is 26.8 Å². The third-order valence-electron chi connectivity index (χ3n) is 4.91. The maximum atomic E-state index is 12.9. The largest absolute Gasteiger partial charge is 0.459 e. The number of piperazine rings is 1. The van der Waals surface area contributed by atoms with E-state index in [0.29, 0.717) is 31.9 Å². The number of benzene rings is 1. The highest BCUT2D eigenvalue weighted by Crippen LogP contribution is 2.25. The smallest absolute Gasteiger partial charge is 0.289 e. The molecule has 26 heavy (non-hydrogen) atoms. The van der Waals surface area contributed by atoms with E-state index in [9.17, 15) is 9.59 Å². The van der Waals surface area contributed by atoms with Crippen LogP contribution >= 0.6 is 0 Å². The molecule has 138 valence electrons. The second kappa shape index (κ2) is 6.98. The van der Waals surface area contributed by atoms with Crippen molar-refractivity contribution < 1.29 is 14.0 Å². The van der Waals surface area contributed by atoms with Crippen molar-refractivity contribution in [2.75, 3.05) is 26.2 Å². The summed E-state index contributed by atoms with van der Waals surface area (Å²) < 4.78 is 5.17. The van der Waals surface area contributed by atoms with Crippen molar-refractivity contribution in [2.24, 2.45) is 0 Å². The lowest BCUT2D eigenvalue weighted by Crippen LogP contribution is -2.50. The van der Waals surface area contributed by atoms with Crippen LogP contribution in [0.15, 0.2) is 41.0 Å². The molecule has 0 unspecified atom stereocenters. The highest BCUT2D eigenvalue weighted by atomic mass is 16.3. The number of rotatable bonds is 2. The molecule has 2 aromatic rings. The molecule has 1 aliphatic heterocycles. The molecular weight excluding hydrogens is 328 g/mol. The van der Waals surface area contributed by atoms with Gasteiger partial charge in [-0.25, -0.2) is 0 Å². The minimum Gasteiger partial charge on any atom is -0.459 e. The molecule has 0 bridgehead atoms. The van der Waals surface area contributed by atoms with Gasteiger partial charge in [0, 0.05) is 31.7 Å². The van der Waals surface area contributed by atoms with Crippen LogP contribution in [-0.4, -0.2) is 47.8 Å². The van der Waals surface area contributed by atoms with Gasteiger partial charge in [-0.1, -0.05) is 32.9 Å². The number of aryl methyl sites for hydroxylation is 1. The third kappa shape index (κ3) is 3.66. The molecule has 2 amide bonds. The van der Waals surface area contributed by atoms with Crippen LogP contribution in [0.5, 0.6) is 0 Å². The van der Waals surface area contributed by atoms with Crippen LogP contribution in [0.4, 0.5) is 0 Å². The number of amides is 2. The van der Waals surface area contributed by atoms with Crippen molar-refractivity contribution in [3.8, 4) is 0 Å². The molecule has 3 rings (SSSR count). The van der Waals surface area contributed by atoms with E-state index in [0.717, 1.165) is 11.1 Å². The minimum atomic E-state index is -0.118. The maximum absolute atomic E-state index is 12.9. The van der Waals surface area contributed by atoms with Crippen molar-refractivity contribution in [3.05, 3.63) is 59.0 Å². The molecule has 0 atom stereocenters. The molecule has 0 aliphatic carbocycles. The SMILES string of the molecule is Cc1cc(C(C)(C)C)ccc1C(=O)N1CCN(C(=O)c2ccco2)CC1. The minimum absolute atomic E-state index is 0.0352. The Hall–Kier alpha value is -2.56. The Bertz CT molecular complexity index is 795. The van der Waals surface area contributed by atoms with E-state index in [1.807, 2.05) is 24.0 Å². The highest BCUT2D eigenvalue weighted by Gasteiger charge is 2.27. The topological polar surface area (TPSA) is 53.8 Å². The molecule has 1 fully saturated rings.